The first-order chi connectivity index (χ1) is 9.59. The van der Waals surface area contributed by atoms with Crippen LogP contribution in [-0.2, 0) is 14.8 Å². The largest absolute Gasteiger partial charge is 0.481 e. The van der Waals surface area contributed by atoms with E-state index in [0.29, 0.717) is 0 Å². The molecule has 0 heterocycles. The lowest BCUT2D eigenvalue weighted by Crippen LogP contribution is -2.42. The maximum absolute atomic E-state index is 13.4. The van der Waals surface area contributed by atoms with Gasteiger partial charge < -0.3 is 10.2 Å². The van der Waals surface area contributed by atoms with Crippen molar-refractivity contribution >= 4 is 16.0 Å². The number of sulfonamides is 1. The fourth-order valence-electron chi connectivity index (χ4n) is 1.55. The predicted octanol–water partition coefficient (Wildman–Crippen LogP) is 0.201. The molecule has 1 rings (SSSR count). The molecule has 9 heteroatoms. The van der Waals surface area contributed by atoms with Crippen LogP contribution in [0.3, 0.4) is 0 Å². The van der Waals surface area contributed by atoms with Crippen molar-refractivity contribution in [1.82, 2.24) is 4.72 Å². The van der Waals surface area contributed by atoms with Gasteiger partial charge in [0, 0.05) is 6.54 Å². The van der Waals surface area contributed by atoms with E-state index in [1.54, 1.807) is 0 Å². The summed E-state index contributed by atoms with van der Waals surface area (Å²) in [6, 6.07) is 4.55. The average molecular weight is 316 g/mol. The van der Waals surface area contributed by atoms with Gasteiger partial charge in [0.25, 0.3) is 0 Å². The summed E-state index contributed by atoms with van der Waals surface area (Å²) in [6.45, 7) is 0.545. The molecular weight excluding hydrogens is 303 g/mol. The van der Waals surface area contributed by atoms with Crippen molar-refractivity contribution in [3.05, 3.63) is 29.6 Å². The first-order valence-corrected chi connectivity index (χ1v) is 7.20. The number of carboxylic acid groups (broad SMARTS) is 1. The van der Waals surface area contributed by atoms with Crippen LogP contribution in [0.15, 0.2) is 23.1 Å². The number of aliphatic hydroxyl groups is 1. The van der Waals surface area contributed by atoms with Crippen molar-refractivity contribution in [3.8, 4) is 6.07 Å². The van der Waals surface area contributed by atoms with Crippen LogP contribution in [0, 0.1) is 17.1 Å². The number of aliphatic carboxylic acids is 1. The number of hydrogen-bond donors (Lipinski definition) is 3. The fourth-order valence-corrected chi connectivity index (χ4v) is 2.88. The zero-order valence-corrected chi connectivity index (χ0v) is 11.8. The molecule has 0 fully saturated rings. The molecule has 1 atom stereocenters. The number of rotatable bonds is 6. The summed E-state index contributed by atoms with van der Waals surface area (Å²) in [5.41, 5.74) is -2.47. The highest BCUT2D eigenvalue weighted by Crippen LogP contribution is 2.18. The Morgan fingerprint density at radius 3 is 2.67 bits per heavy atom. The maximum atomic E-state index is 13.4. The smallest absolute Gasteiger partial charge is 0.306 e. The monoisotopic (exact) mass is 316 g/mol. The van der Waals surface area contributed by atoms with Crippen LogP contribution in [0.5, 0.6) is 0 Å². The van der Waals surface area contributed by atoms with Crippen LogP contribution in [-0.4, -0.2) is 36.7 Å². The zero-order chi connectivity index (χ0) is 16.3. The SMILES string of the molecule is CC(O)(CNS(=O)(=O)c1cccc(F)c1C#N)CC(=O)O. The van der Waals surface area contributed by atoms with Gasteiger partial charge in [0.05, 0.1) is 12.0 Å². The number of halogens is 1. The third-order valence-corrected chi connectivity index (χ3v) is 4.00. The summed E-state index contributed by atoms with van der Waals surface area (Å²) in [4.78, 5) is 9.95. The first kappa shape index (κ1) is 17.0. The highest BCUT2D eigenvalue weighted by Gasteiger charge is 2.28. The van der Waals surface area contributed by atoms with E-state index in [9.17, 15) is 22.7 Å². The third kappa shape index (κ3) is 4.49. The van der Waals surface area contributed by atoms with Gasteiger partial charge in [-0.2, -0.15) is 5.26 Å². The van der Waals surface area contributed by atoms with E-state index in [2.05, 4.69) is 0 Å². The zero-order valence-electron chi connectivity index (χ0n) is 11.0. The van der Waals surface area contributed by atoms with Gasteiger partial charge in [-0.25, -0.2) is 17.5 Å². The second-order valence-electron chi connectivity index (χ2n) is 4.62. The van der Waals surface area contributed by atoms with E-state index in [1.807, 2.05) is 4.72 Å². The van der Waals surface area contributed by atoms with Crippen LogP contribution in [0.2, 0.25) is 0 Å². The molecule has 0 spiro atoms. The summed E-state index contributed by atoms with van der Waals surface area (Å²) in [6.07, 6.45) is -0.677. The minimum Gasteiger partial charge on any atom is -0.481 e. The molecule has 0 aliphatic rings. The Bertz CT molecular complexity index is 694. The summed E-state index contributed by atoms with van der Waals surface area (Å²) in [5.74, 6) is -2.29. The van der Waals surface area contributed by atoms with E-state index >= 15 is 0 Å². The number of nitrogens with one attached hydrogen (secondary N) is 1. The molecule has 3 N–H and O–H groups in total. The summed E-state index contributed by atoms with van der Waals surface area (Å²) in [7, 11) is -4.26. The Kier molecular flexibility index (Phi) is 5.01. The summed E-state index contributed by atoms with van der Waals surface area (Å²) in [5, 5.41) is 27.1. The average Bonchev–Trinajstić information content (AvgIpc) is 2.35. The molecule has 1 aromatic rings. The third-order valence-electron chi connectivity index (χ3n) is 2.55. The number of benzene rings is 1. The molecule has 7 nitrogen and oxygen atoms in total. The second kappa shape index (κ2) is 6.17. The minimum absolute atomic E-state index is 0.573. The van der Waals surface area contributed by atoms with Crippen molar-refractivity contribution in [1.29, 1.82) is 5.26 Å². The van der Waals surface area contributed by atoms with Gasteiger partial charge in [-0.3, -0.25) is 4.79 Å². The summed E-state index contributed by atoms with van der Waals surface area (Å²) >= 11 is 0. The van der Waals surface area contributed by atoms with Gasteiger partial charge in [-0.15, -0.1) is 0 Å². The number of nitriles is 1. The van der Waals surface area contributed by atoms with E-state index in [-0.39, 0.29) is 0 Å². The van der Waals surface area contributed by atoms with Crippen LogP contribution < -0.4 is 4.72 Å². The second-order valence-corrected chi connectivity index (χ2v) is 6.35. The number of hydrogen-bond acceptors (Lipinski definition) is 5. The molecule has 0 saturated heterocycles. The molecule has 1 aromatic carbocycles. The van der Waals surface area contributed by atoms with Gasteiger partial charge in [-0.05, 0) is 19.1 Å². The van der Waals surface area contributed by atoms with Crippen LogP contribution in [0.4, 0.5) is 4.39 Å². The Hall–Kier alpha value is -2.02. The maximum Gasteiger partial charge on any atom is 0.306 e. The predicted molar refractivity (Wildman–Crippen MR) is 69.2 cm³/mol. The Morgan fingerprint density at radius 2 is 2.14 bits per heavy atom. The van der Waals surface area contributed by atoms with Gasteiger partial charge in [-0.1, -0.05) is 6.07 Å². The van der Waals surface area contributed by atoms with Crippen molar-refractivity contribution in [2.24, 2.45) is 0 Å². The highest BCUT2D eigenvalue weighted by molar-refractivity contribution is 7.89. The van der Waals surface area contributed by atoms with Crippen LogP contribution in [0.25, 0.3) is 0 Å². The highest BCUT2D eigenvalue weighted by atomic mass is 32.2. The molecular formula is C12H13FN2O5S. The van der Waals surface area contributed by atoms with Crippen molar-refractivity contribution in [2.75, 3.05) is 6.54 Å². The molecule has 0 radical (unpaired) electrons. The van der Waals surface area contributed by atoms with Crippen molar-refractivity contribution in [2.45, 2.75) is 23.8 Å². The molecule has 0 aliphatic carbocycles. The van der Waals surface area contributed by atoms with E-state index in [1.165, 1.54) is 6.07 Å². The topological polar surface area (TPSA) is 127 Å². The molecule has 1 unspecified atom stereocenters. The lowest BCUT2D eigenvalue weighted by molar-refractivity contribution is -0.141. The number of nitrogens with zero attached hydrogens (tertiary/aromatic N) is 1. The van der Waals surface area contributed by atoms with Crippen molar-refractivity contribution in [3.63, 3.8) is 0 Å². The Balaban J connectivity index is 3.02. The lowest BCUT2D eigenvalue weighted by atomic mass is 10.0. The number of carboxylic acids is 1. The standard InChI is InChI=1S/C12H13FN2O5S/c1-12(18,5-11(16)17)7-15-21(19,20)10-4-2-3-9(13)8(10)6-14/h2-4,15,18H,5,7H2,1H3,(H,16,17). The van der Waals surface area contributed by atoms with Gasteiger partial charge in [0.15, 0.2) is 0 Å². The van der Waals surface area contributed by atoms with Crippen molar-refractivity contribution < 1.29 is 27.8 Å². The van der Waals surface area contributed by atoms with Gasteiger partial charge >= 0.3 is 5.97 Å². The molecule has 0 bridgehead atoms. The number of carbonyl (C=O) groups is 1. The van der Waals surface area contributed by atoms with Crippen LogP contribution in [0.1, 0.15) is 18.9 Å². The normalized spacial score (nSPS) is 14.2. The lowest BCUT2D eigenvalue weighted by Gasteiger charge is -2.21. The Morgan fingerprint density at radius 1 is 1.52 bits per heavy atom. The van der Waals surface area contributed by atoms with Crippen LogP contribution >= 0.6 is 0 Å². The molecule has 0 saturated carbocycles. The molecule has 0 aliphatic heterocycles. The van der Waals surface area contributed by atoms with E-state index in [4.69, 9.17) is 10.4 Å². The molecule has 0 amide bonds. The van der Waals surface area contributed by atoms with E-state index < -0.39 is 50.8 Å². The molecule has 0 aromatic heterocycles. The summed E-state index contributed by atoms with van der Waals surface area (Å²) < 4.78 is 39.4. The quantitative estimate of drug-likeness (QED) is 0.688. The molecule has 21 heavy (non-hydrogen) atoms. The van der Waals surface area contributed by atoms with Gasteiger partial charge in [0.1, 0.15) is 22.3 Å². The molecule has 114 valence electrons. The minimum atomic E-state index is -4.26. The fraction of sp³-hybridized carbons (Fsp3) is 0.333. The van der Waals surface area contributed by atoms with Gasteiger partial charge in [0.2, 0.25) is 10.0 Å². The Labute approximate surface area is 120 Å². The first-order valence-electron chi connectivity index (χ1n) is 5.71. The van der Waals surface area contributed by atoms with E-state index in [0.717, 1.165) is 25.1 Å².